The van der Waals surface area contributed by atoms with E-state index < -0.39 is 27.2 Å². The van der Waals surface area contributed by atoms with Crippen LogP contribution in [0.5, 0.6) is 0 Å². The summed E-state index contributed by atoms with van der Waals surface area (Å²) in [5.74, 6) is -0.814. The van der Waals surface area contributed by atoms with E-state index in [1.165, 1.54) is 0 Å². The molecule has 0 spiro atoms. The Morgan fingerprint density at radius 1 is 1.50 bits per heavy atom. The van der Waals surface area contributed by atoms with E-state index in [0.717, 1.165) is 6.42 Å². The average Bonchev–Trinajstić information content (AvgIpc) is 2.27. The van der Waals surface area contributed by atoms with E-state index in [0.29, 0.717) is 11.8 Å². The molecule has 0 saturated carbocycles. The maximum absolute atomic E-state index is 11.3. The summed E-state index contributed by atoms with van der Waals surface area (Å²) in [6.45, 7) is 5.24. The van der Waals surface area contributed by atoms with Gasteiger partial charge in [0.2, 0.25) is 0 Å². The van der Waals surface area contributed by atoms with E-state index in [-0.39, 0.29) is 6.61 Å². The zero-order valence-electron chi connectivity index (χ0n) is 9.26. The molecule has 0 aliphatic carbocycles. The number of hydrogen-bond acceptors (Lipinski definition) is 6. The van der Waals surface area contributed by atoms with E-state index in [4.69, 9.17) is 16.2 Å². The van der Waals surface area contributed by atoms with Gasteiger partial charge in [-0.1, -0.05) is 19.9 Å². The van der Waals surface area contributed by atoms with Crippen LogP contribution >= 0.6 is 0 Å². The number of carbonyl (C=O) groups excluding carboxylic acids is 1. The van der Waals surface area contributed by atoms with Crippen molar-refractivity contribution in [2.45, 2.75) is 31.2 Å². The fourth-order valence-corrected chi connectivity index (χ4v) is 1.60. The summed E-state index contributed by atoms with van der Waals surface area (Å²) in [6.07, 6.45) is 1.56. The molecular weight excluding hydrogens is 232 g/mol. The smallest absolute Gasteiger partial charge is 0.325 e. The second kappa shape index (κ2) is 6.62. The first-order chi connectivity index (χ1) is 7.36. The molecule has 0 heterocycles. The SMILES string of the molecule is C=CS(=O)(=O)C(N)C(N)C(=O)OCCCC. The molecule has 0 saturated heterocycles. The Morgan fingerprint density at radius 3 is 2.50 bits per heavy atom. The molecule has 0 aromatic heterocycles. The van der Waals surface area contributed by atoms with Gasteiger partial charge in [0.25, 0.3) is 0 Å². The topological polar surface area (TPSA) is 112 Å². The van der Waals surface area contributed by atoms with Crippen LogP contribution in [0.25, 0.3) is 0 Å². The third-order valence-electron chi connectivity index (χ3n) is 1.98. The molecule has 0 rings (SSSR count). The van der Waals surface area contributed by atoms with E-state index in [9.17, 15) is 13.2 Å². The maximum atomic E-state index is 11.3. The number of ether oxygens (including phenoxy) is 1. The van der Waals surface area contributed by atoms with E-state index >= 15 is 0 Å². The lowest BCUT2D eigenvalue weighted by molar-refractivity contribution is -0.145. The molecule has 0 radical (unpaired) electrons. The number of unbranched alkanes of at least 4 members (excludes halogenated alkanes) is 1. The summed E-state index contributed by atoms with van der Waals surface area (Å²) in [6, 6.07) is -1.39. The van der Waals surface area contributed by atoms with Crippen molar-refractivity contribution in [1.29, 1.82) is 0 Å². The molecular formula is C9H18N2O4S. The molecule has 6 nitrogen and oxygen atoms in total. The van der Waals surface area contributed by atoms with Gasteiger partial charge in [0.15, 0.2) is 9.84 Å². The van der Waals surface area contributed by atoms with Crippen molar-refractivity contribution in [3.05, 3.63) is 12.0 Å². The monoisotopic (exact) mass is 250 g/mol. The highest BCUT2D eigenvalue weighted by molar-refractivity contribution is 7.94. The zero-order chi connectivity index (χ0) is 12.8. The molecule has 0 aliphatic rings. The number of sulfone groups is 1. The van der Waals surface area contributed by atoms with Crippen molar-refractivity contribution in [3.63, 3.8) is 0 Å². The van der Waals surface area contributed by atoms with Gasteiger partial charge in [0, 0.05) is 5.41 Å². The lowest BCUT2D eigenvalue weighted by Gasteiger charge is -2.16. The van der Waals surface area contributed by atoms with Crippen molar-refractivity contribution < 1.29 is 17.9 Å². The molecule has 4 N–H and O–H groups in total. The minimum absolute atomic E-state index is 0.212. The summed E-state index contributed by atoms with van der Waals surface area (Å²) in [5, 5.41) is -0.837. The Kier molecular flexibility index (Phi) is 6.24. The summed E-state index contributed by atoms with van der Waals surface area (Å²) in [5.41, 5.74) is 10.7. The first-order valence-corrected chi connectivity index (χ1v) is 6.52. The fourth-order valence-electron chi connectivity index (χ4n) is 0.863. The van der Waals surface area contributed by atoms with E-state index in [2.05, 4.69) is 6.58 Å². The molecule has 0 aliphatic heterocycles. The van der Waals surface area contributed by atoms with Crippen LogP contribution < -0.4 is 11.5 Å². The van der Waals surface area contributed by atoms with Crippen LogP contribution in [0.15, 0.2) is 12.0 Å². The van der Waals surface area contributed by atoms with Crippen LogP contribution in [0.3, 0.4) is 0 Å². The van der Waals surface area contributed by atoms with Crippen LogP contribution in [0.1, 0.15) is 19.8 Å². The third-order valence-corrected chi connectivity index (χ3v) is 3.50. The van der Waals surface area contributed by atoms with Crippen molar-refractivity contribution in [2.75, 3.05) is 6.61 Å². The number of carbonyl (C=O) groups is 1. The van der Waals surface area contributed by atoms with Gasteiger partial charge in [-0.15, -0.1) is 0 Å². The van der Waals surface area contributed by atoms with Crippen molar-refractivity contribution in [3.8, 4) is 0 Å². The van der Waals surface area contributed by atoms with Crippen LogP contribution in [-0.2, 0) is 19.4 Å². The average molecular weight is 250 g/mol. The summed E-state index contributed by atoms with van der Waals surface area (Å²) < 4.78 is 27.3. The summed E-state index contributed by atoms with van der Waals surface area (Å²) in [7, 11) is -3.76. The standard InChI is InChI=1S/C9H18N2O4S/c1-3-5-6-15-9(12)7(10)8(11)16(13,14)4-2/h4,7-8H,2-3,5-6,10-11H2,1H3. The Bertz CT molecular complexity index is 339. The fraction of sp³-hybridized carbons (Fsp3) is 0.667. The van der Waals surface area contributed by atoms with Gasteiger partial charge < -0.3 is 16.2 Å². The minimum atomic E-state index is -3.76. The van der Waals surface area contributed by atoms with Crippen LogP contribution in [0.2, 0.25) is 0 Å². The quantitative estimate of drug-likeness (QED) is 0.465. The van der Waals surface area contributed by atoms with Gasteiger partial charge in [-0.05, 0) is 6.42 Å². The van der Waals surface area contributed by atoms with Gasteiger partial charge >= 0.3 is 5.97 Å². The Labute approximate surface area is 95.5 Å². The number of rotatable bonds is 7. The first kappa shape index (κ1) is 15.1. The summed E-state index contributed by atoms with van der Waals surface area (Å²) >= 11 is 0. The lowest BCUT2D eigenvalue weighted by Crippen LogP contribution is -2.51. The van der Waals surface area contributed by atoms with E-state index in [1.54, 1.807) is 0 Å². The predicted octanol–water partition coefficient (Wildman–Crippen LogP) is -0.500. The molecule has 2 atom stereocenters. The molecule has 0 fully saturated rings. The van der Waals surface area contributed by atoms with Crippen molar-refractivity contribution in [2.24, 2.45) is 11.5 Å². The zero-order valence-corrected chi connectivity index (χ0v) is 10.1. The molecule has 7 heteroatoms. The highest BCUT2D eigenvalue weighted by Crippen LogP contribution is 2.03. The predicted molar refractivity (Wildman–Crippen MR) is 60.9 cm³/mol. The number of hydrogen-bond donors (Lipinski definition) is 2. The van der Waals surface area contributed by atoms with Crippen molar-refractivity contribution in [1.82, 2.24) is 0 Å². The van der Waals surface area contributed by atoms with Gasteiger partial charge in [-0.3, -0.25) is 4.79 Å². The molecule has 0 amide bonds. The first-order valence-electron chi connectivity index (χ1n) is 4.91. The van der Waals surface area contributed by atoms with Crippen LogP contribution in [-0.4, -0.2) is 32.4 Å². The third kappa shape index (κ3) is 4.30. The normalized spacial score (nSPS) is 15.2. The second-order valence-electron chi connectivity index (χ2n) is 3.27. The van der Waals surface area contributed by atoms with Gasteiger partial charge in [0.05, 0.1) is 6.61 Å². The molecule has 2 unspecified atom stereocenters. The summed E-state index contributed by atoms with van der Waals surface area (Å²) in [4.78, 5) is 11.3. The molecule has 0 aromatic rings. The van der Waals surface area contributed by atoms with Gasteiger partial charge in [-0.25, -0.2) is 8.42 Å². The number of esters is 1. The molecule has 16 heavy (non-hydrogen) atoms. The van der Waals surface area contributed by atoms with Crippen molar-refractivity contribution >= 4 is 15.8 Å². The number of nitrogens with two attached hydrogens (primary N) is 2. The van der Waals surface area contributed by atoms with Gasteiger partial charge in [-0.2, -0.15) is 0 Å². The van der Waals surface area contributed by atoms with Crippen LogP contribution in [0.4, 0.5) is 0 Å². The Hall–Kier alpha value is -0.920. The maximum Gasteiger partial charge on any atom is 0.325 e. The molecule has 0 bridgehead atoms. The highest BCUT2D eigenvalue weighted by Gasteiger charge is 2.31. The second-order valence-corrected chi connectivity index (χ2v) is 5.32. The highest BCUT2D eigenvalue weighted by atomic mass is 32.2. The lowest BCUT2D eigenvalue weighted by atomic mass is 10.3. The molecule has 94 valence electrons. The minimum Gasteiger partial charge on any atom is -0.464 e. The van der Waals surface area contributed by atoms with Gasteiger partial charge in [0.1, 0.15) is 11.4 Å². The Balaban J connectivity index is 4.38. The van der Waals surface area contributed by atoms with Crippen LogP contribution in [0, 0.1) is 0 Å². The molecule has 0 aromatic carbocycles. The largest absolute Gasteiger partial charge is 0.464 e. The Morgan fingerprint density at radius 2 is 2.06 bits per heavy atom. The van der Waals surface area contributed by atoms with E-state index in [1.807, 2.05) is 6.92 Å².